The number of fused-ring (bicyclic) bond motifs is 1. The molecule has 0 aliphatic heterocycles. The van der Waals surface area contributed by atoms with Gasteiger partial charge in [-0.05, 0) is 6.07 Å². The van der Waals surface area contributed by atoms with Crippen molar-refractivity contribution >= 4 is 16.8 Å². The molecule has 0 aliphatic rings. The number of nitrogens with zero attached hydrogens (tertiary/aromatic N) is 1. The zero-order valence-corrected chi connectivity index (χ0v) is 6.24. The molecule has 60 valence electrons. The summed E-state index contributed by atoms with van der Waals surface area (Å²) in [5, 5.41) is 0.817. The Morgan fingerprint density at radius 3 is 3.08 bits per heavy atom. The lowest BCUT2D eigenvalue weighted by molar-refractivity contribution is 0.100. The van der Waals surface area contributed by atoms with Gasteiger partial charge >= 0.3 is 0 Å². The summed E-state index contributed by atoms with van der Waals surface area (Å²) in [6, 6.07) is 1.80. The first-order valence-electron chi connectivity index (χ1n) is 3.50. The van der Waals surface area contributed by atoms with E-state index in [-0.39, 0.29) is 0 Å². The van der Waals surface area contributed by atoms with E-state index in [1.807, 2.05) is 0 Å². The van der Waals surface area contributed by atoms with Gasteiger partial charge in [-0.15, -0.1) is 0 Å². The van der Waals surface area contributed by atoms with E-state index in [2.05, 4.69) is 9.97 Å². The Kier molecular flexibility index (Phi) is 1.33. The first-order chi connectivity index (χ1) is 5.79. The van der Waals surface area contributed by atoms with Crippen LogP contribution in [0.5, 0.6) is 0 Å². The van der Waals surface area contributed by atoms with Crippen LogP contribution in [0.3, 0.4) is 0 Å². The van der Waals surface area contributed by atoms with Gasteiger partial charge in [0.05, 0.1) is 17.3 Å². The van der Waals surface area contributed by atoms with Crippen LogP contribution in [-0.4, -0.2) is 15.9 Å². The average Bonchev–Trinajstić information content (AvgIpc) is 2.49. The standard InChI is InChI=1S/C8H7N3O/c9-8(12)6-3-10-4-7-5(6)1-2-11-7/h1-4,11H,(H2,9,12). The van der Waals surface area contributed by atoms with Crippen LogP contribution in [0.4, 0.5) is 0 Å². The van der Waals surface area contributed by atoms with Crippen LogP contribution in [0, 0.1) is 0 Å². The summed E-state index contributed by atoms with van der Waals surface area (Å²) in [5.41, 5.74) is 6.42. The van der Waals surface area contributed by atoms with Crippen molar-refractivity contribution < 1.29 is 4.79 Å². The normalized spacial score (nSPS) is 10.3. The van der Waals surface area contributed by atoms with Gasteiger partial charge in [0.2, 0.25) is 0 Å². The summed E-state index contributed by atoms with van der Waals surface area (Å²) in [6.07, 6.45) is 4.87. The Balaban J connectivity index is 2.82. The Morgan fingerprint density at radius 1 is 1.50 bits per heavy atom. The lowest BCUT2D eigenvalue weighted by Crippen LogP contribution is -2.11. The monoisotopic (exact) mass is 161 g/mol. The maximum atomic E-state index is 10.9. The molecule has 0 saturated carbocycles. The summed E-state index contributed by atoms with van der Waals surface area (Å²) in [6.45, 7) is 0. The van der Waals surface area contributed by atoms with Crippen molar-refractivity contribution in [2.24, 2.45) is 5.73 Å². The minimum Gasteiger partial charge on any atom is -0.366 e. The van der Waals surface area contributed by atoms with Crippen molar-refractivity contribution in [2.45, 2.75) is 0 Å². The fourth-order valence-electron chi connectivity index (χ4n) is 1.18. The zero-order chi connectivity index (χ0) is 8.55. The number of pyridine rings is 1. The number of nitrogens with two attached hydrogens (primary N) is 1. The van der Waals surface area contributed by atoms with Gasteiger partial charge in [0.15, 0.2) is 0 Å². The highest BCUT2D eigenvalue weighted by Crippen LogP contribution is 2.14. The second-order valence-corrected chi connectivity index (χ2v) is 2.49. The molecule has 0 aromatic carbocycles. The number of H-pyrrole nitrogens is 1. The van der Waals surface area contributed by atoms with Gasteiger partial charge in [-0.1, -0.05) is 0 Å². The number of hydrogen-bond acceptors (Lipinski definition) is 2. The second-order valence-electron chi connectivity index (χ2n) is 2.49. The van der Waals surface area contributed by atoms with Crippen molar-refractivity contribution in [1.82, 2.24) is 9.97 Å². The van der Waals surface area contributed by atoms with Crippen LogP contribution < -0.4 is 5.73 Å². The van der Waals surface area contributed by atoms with Gasteiger partial charge < -0.3 is 10.7 Å². The van der Waals surface area contributed by atoms with Crippen molar-refractivity contribution in [3.8, 4) is 0 Å². The van der Waals surface area contributed by atoms with Gasteiger partial charge in [0.25, 0.3) is 5.91 Å². The van der Waals surface area contributed by atoms with Crippen LogP contribution in [0.1, 0.15) is 10.4 Å². The van der Waals surface area contributed by atoms with Crippen LogP contribution in [0.2, 0.25) is 0 Å². The van der Waals surface area contributed by atoms with E-state index in [0.29, 0.717) is 5.56 Å². The van der Waals surface area contributed by atoms with Crippen LogP contribution in [0.15, 0.2) is 24.7 Å². The Hall–Kier alpha value is -1.84. The van der Waals surface area contributed by atoms with Crippen molar-refractivity contribution in [3.63, 3.8) is 0 Å². The Morgan fingerprint density at radius 2 is 2.33 bits per heavy atom. The van der Waals surface area contributed by atoms with E-state index in [9.17, 15) is 4.79 Å². The summed E-state index contributed by atoms with van der Waals surface area (Å²) >= 11 is 0. The number of hydrogen-bond donors (Lipinski definition) is 2. The number of rotatable bonds is 1. The molecule has 2 aromatic heterocycles. The molecule has 0 fully saturated rings. The van der Waals surface area contributed by atoms with Gasteiger partial charge in [-0.2, -0.15) is 0 Å². The van der Waals surface area contributed by atoms with E-state index in [0.717, 1.165) is 10.9 Å². The number of aromatic amines is 1. The molecule has 2 rings (SSSR count). The Bertz CT molecular complexity index is 433. The molecule has 12 heavy (non-hydrogen) atoms. The van der Waals surface area contributed by atoms with Gasteiger partial charge in [-0.25, -0.2) is 0 Å². The summed E-state index contributed by atoms with van der Waals surface area (Å²) in [5.74, 6) is -0.451. The number of primary amides is 1. The lowest BCUT2D eigenvalue weighted by Gasteiger charge is -1.95. The fraction of sp³-hybridized carbons (Fsp3) is 0. The van der Waals surface area contributed by atoms with Crippen molar-refractivity contribution in [1.29, 1.82) is 0 Å². The molecule has 4 heteroatoms. The van der Waals surface area contributed by atoms with E-state index in [4.69, 9.17) is 5.73 Å². The molecule has 2 aromatic rings. The highest BCUT2D eigenvalue weighted by atomic mass is 16.1. The molecular formula is C8H7N3O. The number of carbonyl (C=O) groups is 1. The number of aromatic nitrogens is 2. The minimum absolute atomic E-state index is 0.451. The largest absolute Gasteiger partial charge is 0.366 e. The molecule has 0 spiro atoms. The third kappa shape index (κ3) is 0.852. The second kappa shape index (κ2) is 2.34. The first-order valence-corrected chi connectivity index (χ1v) is 3.50. The average molecular weight is 161 g/mol. The molecule has 1 amide bonds. The molecule has 0 unspecified atom stereocenters. The number of amides is 1. The predicted octanol–water partition coefficient (Wildman–Crippen LogP) is 0.662. The number of carbonyl (C=O) groups excluding carboxylic acids is 1. The predicted molar refractivity (Wildman–Crippen MR) is 44.6 cm³/mol. The summed E-state index contributed by atoms with van der Waals surface area (Å²) in [7, 11) is 0. The molecule has 4 nitrogen and oxygen atoms in total. The third-order valence-electron chi connectivity index (χ3n) is 1.74. The maximum Gasteiger partial charge on any atom is 0.250 e. The smallest absolute Gasteiger partial charge is 0.250 e. The van der Waals surface area contributed by atoms with Gasteiger partial charge in [0.1, 0.15) is 0 Å². The van der Waals surface area contributed by atoms with Crippen LogP contribution in [-0.2, 0) is 0 Å². The lowest BCUT2D eigenvalue weighted by atomic mass is 10.2. The zero-order valence-electron chi connectivity index (χ0n) is 6.24. The molecule has 0 aliphatic carbocycles. The summed E-state index contributed by atoms with van der Waals surface area (Å²) < 4.78 is 0. The van der Waals surface area contributed by atoms with Crippen molar-refractivity contribution in [3.05, 3.63) is 30.2 Å². The molecule has 0 atom stereocenters. The fourth-order valence-corrected chi connectivity index (χ4v) is 1.18. The quantitative estimate of drug-likeness (QED) is 0.644. The topological polar surface area (TPSA) is 71.8 Å². The molecule has 0 bridgehead atoms. The van der Waals surface area contributed by atoms with E-state index >= 15 is 0 Å². The summed E-state index contributed by atoms with van der Waals surface area (Å²) in [4.78, 5) is 17.7. The van der Waals surface area contributed by atoms with E-state index in [1.54, 1.807) is 18.5 Å². The molecule has 0 saturated heterocycles. The van der Waals surface area contributed by atoms with Gasteiger partial charge in [0, 0.05) is 17.8 Å². The molecular weight excluding hydrogens is 154 g/mol. The van der Waals surface area contributed by atoms with Crippen molar-refractivity contribution in [2.75, 3.05) is 0 Å². The number of nitrogens with one attached hydrogen (secondary N) is 1. The molecule has 0 radical (unpaired) electrons. The highest BCUT2D eigenvalue weighted by Gasteiger charge is 2.06. The van der Waals surface area contributed by atoms with Crippen LogP contribution in [0.25, 0.3) is 10.9 Å². The van der Waals surface area contributed by atoms with E-state index in [1.165, 1.54) is 6.20 Å². The SMILES string of the molecule is NC(=O)c1cncc2[nH]ccc12. The minimum atomic E-state index is -0.451. The molecule has 2 heterocycles. The highest BCUT2D eigenvalue weighted by molar-refractivity contribution is 6.04. The maximum absolute atomic E-state index is 10.9. The third-order valence-corrected chi connectivity index (χ3v) is 1.74. The van der Waals surface area contributed by atoms with E-state index < -0.39 is 5.91 Å². The molecule has 3 N–H and O–H groups in total. The van der Waals surface area contributed by atoms with Gasteiger partial charge in [-0.3, -0.25) is 9.78 Å². The first kappa shape index (κ1) is 6.84. The van der Waals surface area contributed by atoms with Crippen LogP contribution >= 0.6 is 0 Å². The Labute approximate surface area is 68.4 Å².